The van der Waals surface area contributed by atoms with E-state index in [2.05, 4.69) is 10.6 Å². The van der Waals surface area contributed by atoms with Crippen LogP contribution >= 0.6 is 0 Å². The number of aryl methyl sites for hydroxylation is 1. The van der Waals surface area contributed by atoms with E-state index < -0.39 is 17.8 Å². The minimum Gasteiger partial charge on any atom is -0.497 e. The van der Waals surface area contributed by atoms with Crippen molar-refractivity contribution in [2.24, 2.45) is 0 Å². The number of amides is 4. The summed E-state index contributed by atoms with van der Waals surface area (Å²) in [5.41, 5.74) is 3.43. The standard InChI is InChI=1S/C24H22N4O4/c1-16-3-5-18(6-4-16)25-22(29)15-28-23(30)21(26-24(28)31)13-17-11-12-27(14-17)19-7-9-20(32-2)10-8-19/h3-14H,15H2,1-2H3,(H,25,29)(H,26,31)/b21-13+. The zero-order chi connectivity index (χ0) is 22.7. The summed E-state index contributed by atoms with van der Waals surface area (Å²) < 4.78 is 7.06. The highest BCUT2D eigenvalue weighted by Gasteiger charge is 2.34. The third kappa shape index (κ3) is 4.54. The summed E-state index contributed by atoms with van der Waals surface area (Å²) in [6.45, 7) is 1.57. The number of hydrogen-bond acceptors (Lipinski definition) is 4. The molecule has 0 spiro atoms. The van der Waals surface area contributed by atoms with Crippen molar-refractivity contribution in [1.29, 1.82) is 0 Å². The molecular weight excluding hydrogens is 408 g/mol. The van der Waals surface area contributed by atoms with E-state index in [9.17, 15) is 14.4 Å². The van der Waals surface area contributed by atoms with Gasteiger partial charge in [0.2, 0.25) is 5.91 Å². The van der Waals surface area contributed by atoms with E-state index >= 15 is 0 Å². The number of anilines is 1. The second kappa shape index (κ2) is 8.81. The summed E-state index contributed by atoms with van der Waals surface area (Å²) in [7, 11) is 1.61. The lowest BCUT2D eigenvalue weighted by molar-refractivity contribution is -0.127. The quantitative estimate of drug-likeness (QED) is 0.464. The first kappa shape index (κ1) is 20.9. The number of carbonyl (C=O) groups excluding carboxylic acids is 3. The first-order chi connectivity index (χ1) is 15.4. The Morgan fingerprint density at radius 1 is 1.06 bits per heavy atom. The Balaban J connectivity index is 1.43. The highest BCUT2D eigenvalue weighted by Crippen LogP contribution is 2.19. The number of benzene rings is 2. The van der Waals surface area contributed by atoms with Crippen LogP contribution in [0.15, 0.2) is 72.7 Å². The monoisotopic (exact) mass is 430 g/mol. The van der Waals surface area contributed by atoms with E-state index in [1.165, 1.54) is 0 Å². The second-order valence-corrected chi connectivity index (χ2v) is 7.34. The zero-order valence-electron chi connectivity index (χ0n) is 17.7. The fourth-order valence-corrected chi connectivity index (χ4v) is 3.28. The molecule has 32 heavy (non-hydrogen) atoms. The van der Waals surface area contributed by atoms with Gasteiger partial charge in [0.1, 0.15) is 18.0 Å². The van der Waals surface area contributed by atoms with Gasteiger partial charge in [-0.05, 0) is 61.0 Å². The smallest absolute Gasteiger partial charge is 0.329 e. The van der Waals surface area contributed by atoms with Gasteiger partial charge in [-0.1, -0.05) is 17.7 Å². The van der Waals surface area contributed by atoms with E-state index in [4.69, 9.17) is 4.74 Å². The number of rotatable bonds is 6. The second-order valence-electron chi connectivity index (χ2n) is 7.34. The van der Waals surface area contributed by atoms with E-state index in [1.807, 2.05) is 66.3 Å². The number of carbonyl (C=O) groups is 3. The fourth-order valence-electron chi connectivity index (χ4n) is 3.28. The SMILES string of the molecule is COc1ccc(-n2ccc(/C=C3/NC(=O)N(CC(=O)Nc4ccc(C)cc4)C3=O)c2)cc1. The number of aromatic nitrogens is 1. The van der Waals surface area contributed by atoms with Crippen molar-refractivity contribution in [2.75, 3.05) is 19.0 Å². The molecule has 0 atom stereocenters. The molecule has 1 saturated heterocycles. The summed E-state index contributed by atoms with van der Waals surface area (Å²) in [5, 5.41) is 5.22. The Morgan fingerprint density at radius 3 is 2.47 bits per heavy atom. The maximum atomic E-state index is 12.7. The largest absolute Gasteiger partial charge is 0.497 e. The molecule has 8 heteroatoms. The maximum absolute atomic E-state index is 12.7. The summed E-state index contributed by atoms with van der Waals surface area (Å²) in [6, 6.07) is 16.0. The molecule has 2 heterocycles. The molecule has 1 aliphatic rings. The van der Waals surface area contributed by atoms with Gasteiger partial charge < -0.3 is 19.9 Å². The summed E-state index contributed by atoms with van der Waals surface area (Å²) in [4.78, 5) is 38.1. The number of urea groups is 1. The van der Waals surface area contributed by atoms with Crippen LogP contribution in [0.3, 0.4) is 0 Å². The van der Waals surface area contributed by atoms with Crippen LogP contribution in [0, 0.1) is 6.92 Å². The van der Waals surface area contributed by atoms with Gasteiger partial charge >= 0.3 is 6.03 Å². The van der Waals surface area contributed by atoms with Gasteiger partial charge in [-0.3, -0.25) is 9.59 Å². The van der Waals surface area contributed by atoms with E-state index in [0.29, 0.717) is 5.69 Å². The lowest BCUT2D eigenvalue weighted by Gasteiger charge is -2.12. The minimum atomic E-state index is -0.630. The highest BCUT2D eigenvalue weighted by atomic mass is 16.5. The van der Waals surface area contributed by atoms with Crippen LogP contribution in [0.2, 0.25) is 0 Å². The first-order valence-corrected chi connectivity index (χ1v) is 9.96. The van der Waals surface area contributed by atoms with Crippen molar-refractivity contribution < 1.29 is 19.1 Å². The molecule has 4 amide bonds. The Morgan fingerprint density at radius 2 is 1.78 bits per heavy atom. The van der Waals surface area contributed by atoms with Crippen LogP contribution < -0.4 is 15.4 Å². The van der Waals surface area contributed by atoms with Gasteiger partial charge in [-0.25, -0.2) is 9.69 Å². The Kier molecular flexibility index (Phi) is 5.76. The number of hydrogen-bond donors (Lipinski definition) is 2. The molecule has 2 N–H and O–H groups in total. The predicted molar refractivity (Wildman–Crippen MR) is 120 cm³/mol. The average Bonchev–Trinajstić information content (AvgIpc) is 3.36. The van der Waals surface area contributed by atoms with Crippen molar-refractivity contribution >= 4 is 29.6 Å². The van der Waals surface area contributed by atoms with E-state index in [-0.39, 0.29) is 12.2 Å². The maximum Gasteiger partial charge on any atom is 0.329 e. The van der Waals surface area contributed by atoms with E-state index in [1.54, 1.807) is 25.3 Å². The molecule has 4 rings (SSSR count). The topological polar surface area (TPSA) is 92.7 Å². The Bertz CT molecular complexity index is 1190. The summed E-state index contributed by atoms with van der Waals surface area (Å²) >= 11 is 0. The highest BCUT2D eigenvalue weighted by molar-refractivity contribution is 6.15. The summed E-state index contributed by atoms with van der Waals surface area (Å²) in [5.74, 6) is -0.246. The number of imide groups is 1. The molecule has 8 nitrogen and oxygen atoms in total. The van der Waals surface area contributed by atoms with Crippen molar-refractivity contribution in [3.63, 3.8) is 0 Å². The molecule has 162 valence electrons. The van der Waals surface area contributed by atoms with Crippen LogP contribution in [0.25, 0.3) is 11.8 Å². The molecule has 1 aromatic heterocycles. The third-order valence-electron chi connectivity index (χ3n) is 5.00. The van der Waals surface area contributed by atoms with Gasteiger partial charge in [0, 0.05) is 23.8 Å². The lowest BCUT2D eigenvalue weighted by atomic mass is 10.2. The molecule has 3 aromatic rings. The van der Waals surface area contributed by atoms with Gasteiger partial charge in [0.05, 0.1) is 7.11 Å². The molecule has 2 aromatic carbocycles. The van der Waals surface area contributed by atoms with Crippen LogP contribution in [-0.2, 0) is 9.59 Å². The fraction of sp³-hybridized carbons (Fsp3) is 0.125. The van der Waals surface area contributed by atoms with Crippen molar-refractivity contribution in [3.05, 3.63) is 83.8 Å². The van der Waals surface area contributed by atoms with Crippen LogP contribution in [0.4, 0.5) is 10.5 Å². The van der Waals surface area contributed by atoms with Gasteiger partial charge in [0.25, 0.3) is 5.91 Å². The predicted octanol–water partition coefficient (Wildman–Crippen LogP) is 3.33. The van der Waals surface area contributed by atoms with Crippen molar-refractivity contribution in [1.82, 2.24) is 14.8 Å². The number of methoxy groups -OCH3 is 1. The van der Waals surface area contributed by atoms with E-state index in [0.717, 1.165) is 27.5 Å². The molecule has 0 bridgehead atoms. The molecule has 1 aliphatic heterocycles. The summed E-state index contributed by atoms with van der Waals surface area (Å²) in [6.07, 6.45) is 5.27. The number of nitrogens with one attached hydrogen (secondary N) is 2. The molecule has 1 fully saturated rings. The molecule has 0 aliphatic carbocycles. The molecule has 0 radical (unpaired) electrons. The Labute approximate surface area is 185 Å². The molecule has 0 saturated carbocycles. The number of ether oxygens (including phenoxy) is 1. The van der Waals surface area contributed by atoms with Gasteiger partial charge in [-0.2, -0.15) is 0 Å². The van der Waals surface area contributed by atoms with Crippen molar-refractivity contribution in [2.45, 2.75) is 6.92 Å². The van der Waals surface area contributed by atoms with Gasteiger partial charge in [0.15, 0.2) is 0 Å². The minimum absolute atomic E-state index is 0.116. The van der Waals surface area contributed by atoms with Crippen molar-refractivity contribution in [3.8, 4) is 11.4 Å². The normalized spacial score (nSPS) is 14.6. The molecule has 0 unspecified atom stereocenters. The first-order valence-electron chi connectivity index (χ1n) is 9.96. The average molecular weight is 430 g/mol. The third-order valence-corrected chi connectivity index (χ3v) is 5.00. The van der Waals surface area contributed by atoms with Crippen LogP contribution in [0.5, 0.6) is 5.75 Å². The van der Waals surface area contributed by atoms with Crippen LogP contribution in [0.1, 0.15) is 11.1 Å². The van der Waals surface area contributed by atoms with Gasteiger partial charge in [-0.15, -0.1) is 0 Å². The Hall–Kier alpha value is -4.33. The lowest BCUT2D eigenvalue weighted by Crippen LogP contribution is -2.38. The molecular formula is C24H22N4O4. The van der Waals surface area contributed by atoms with Crippen LogP contribution in [-0.4, -0.2) is 41.0 Å². The zero-order valence-corrected chi connectivity index (χ0v) is 17.7. The number of nitrogens with zero attached hydrogens (tertiary/aromatic N) is 2.